The Balaban J connectivity index is 1.93. The maximum Gasteiger partial charge on any atom is 0.0260 e. The summed E-state index contributed by atoms with van der Waals surface area (Å²) in [7, 11) is 0. The number of aryl methyl sites for hydroxylation is 2. The van der Waals surface area contributed by atoms with Gasteiger partial charge in [0, 0.05) is 25.5 Å². The normalized spacial score (nSPS) is 10.5. The standard InChI is InChI=1S/C13H16N2/c14-10-13-7-9-15(11-13)8-6-12-4-2-1-3-5-12/h1-5,7,9,11H,6,8,10,14H2. The zero-order valence-corrected chi connectivity index (χ0v) is 8.76. The molecule has 2 nitrogen and oxygen atoms in total. The van der Waals surface area contributed by atoms with Crippen molar-refractivity contribution in [1.29, 1.82) is 0 Å². The maximum atomic E-state index is 5.56. The number of hydrogen-bond acceptors (Lipinski definition) is 1. The van der Waals surface area contributed by atoms with Crippen LogP contribution in [0.25, 0.3) is 0 Å². The molecule has 15 heavy (non-hydrogen) atoms. The second-order valence-electron chi connectivity index (χ2n) is 3.70. The second kappa shape index (κ2) is 4.80. The first-order chi connectivity index (χ1) is 7.38. The highest BCUT2D eigenvalue weighted by Crippen LogP contribution is 2.04. The molecule has 0 atom stereocenters. The van der Waals surface area contributed by atoms with Gasteiger partial charge in [-0.05, 0) is 23.6 Å². The van der Waals surface area contributed by atoms with Gasteiger partial charge >= 0.3 is 0 Å². The summed E-state index contributed by atoms with van der Waals surface area (Å²) >= 11 is 0. The Labute approximate surface area is 90.3 Å². The van der Waals surface area contributed by atoms with Crippen molar-refractivity contribution in [2.75, 3.05) is 0 Å². The van der Waals surface area contributed by atoms with E-state index in [0.717, 1.165) is 13.0 Å². The van der Waals surface area contributed by atoms with Crippen LogP contribution >= 0.6 is 0 Å². The summed E-state index contributed by atoms with van der Waals surface area (Å²) in [6, 6.07) is 12.6. The van der Waals surface area contributed by atoms with Crippen molar-refractivity contribution in [1.82, 2.24) is 4.57 Å². The third-order valence-electron chi connectivity index (χ3n) is 2.55. The average Bonchev–Trinajstić information content (AvgIpc) is 2.76. The Hall–Kier alpha value is -1.54. The lowest BCUT2D eigenvalue weighted by Gasteiger charge is -2.02. The quantitative estimate of drug-likeness (QED) is 0.805. The van der Waals surface area contributed by atoms with Gasteiger partial charge in [-0.3, -0.25) is 0 Å². The minimum Gasteiger partial charge on any atom is -0.354 e. The Kier molecular flexibility index (Phi) is 3.20. The SMILES string of the molecule is NCc1ccn(CCc2ccccc2)c1. The minimum atomic E-state index is 0.623. The molecule has 0 spiro atoms. The van der Waals surface area contributed by atoms with E-state index in [1.54, 1.807) is 0 Å². The van der Waals surface area contributed by atoms with Gasteiger partial charge < -0.3 is 10.3 Å². The topological polar surface area (TPSA) is 30.9 Å². The lowest BCUT2D eigenvalue weighted by Crippen LogP contribution is -1.99. The number of nitrogens with two attached hydrogens (primary N) is 1. The number of benzene rings is 1. The van der Waals surface area contributed by atoms with Crippen molar-refractivity contribution in [3.63, 3.8) is 0 Å². The van der Waals surface area contributed by atoms with Gasteiger partial charge in [0.05, 0.1) is 0 Å². The largest absolute Gasteiger partial charge is 0.354 e. The van der Waals surface area contributed by atoms with E-state index in [4.69, 9.17) is 5.73 Å². The van der Waals surface area contributed by atoms with Gasteiger partial charge in [-0.15, -0.1) is 0 Å². The predicted molar refractivity (Wildman–Crippen MR) is 62.5 cm³/mol. The molecule has 2 rings (SSSR count). The van der Waals surface area contributed by atoms with Crippen molar-refractivity contribution in [3.05, 3.63) is 59.9 Å². The molecule has 0 aliphatic rings. The molecule has 1 aromatic carbocycles. The highest BCUT2D eigenvalue weighted by atomic mass is 14.9. The van der Waals surface area contributed by atoms with E-state index in [1.165, 1.54) is 11.1 Å². The monoisotopic (exact) mass is 200 g/mol. The van der Waals surface area contributed by atoms with Crippen molar-refractivity contribution >= 4 is 0 Å². The first-order valence-corrected chi connectivity index (χ1v) is 5.27. The third-order valence-corrected chi connectivity index (χ3v) is 2.55. The lowest BCUT2D eigenvalue weighted by atomic mass is 10.1. The molecule has 1 aromatic heterocycles. The summed E-state index contributed by atoms with van der Waals surface area (Å²) in [6.45, 7) is 1.64. The fourth-order valence-electron chi connectivity index (χ4n) is 1.65. The van der Waals surface area contributed by atoms with Crippen LogP contribution in [0, 0.1) is 0 Å². The summed E-state index contributed by atoms with van der Waals surface area (Å²) in [5.74, 6) is 0. The molecule has 1 heterocycles. The smallest absolute Gasteiger partial charge is 0.0260 e. The van der Waals surface area contributed by atoms with Crippen LogP contribution in [0.1, 0.15) is 11.1 Å². The molecule has 0 amide bonds. The van der Waals surface area contributed by atoms with E-state index in [2.05, 4.69) is 47.3 Å². The number of rotatable bonds is 4. The summed E-state index contributed by atoms with van der Waals surface area (Å²) < 4.78 is 2.19. The van der Waals surface area contributed by atoms with E-state index >= 15 is 0 Å². The molecule has 0 aliphatic carbocycles. The molecule has 0 unspecified atom stereocenters. The van der Waals surface area contributed by atoms with E-state index in [1.807, 2.05) is 6.07 Å². The number of aromatic nitrogens is 1. The molecule has 0 bridgehead atoms. The zero-order valence-electron chi connectivity index (χ0n) is 8.76. The summed E-state index contributed by atoms with van der Waals surface area (Å²) in [6.07, 6.45) is 5.27. The van der Waals surface area contributed by atoms with E-state index in [0.29, 0.717) is 6.54 Å². The predicted octanol–water partition coefficient (Wildman–Crippen LogP) is 2.19. The zero-order chi connectivity index (χ0) is 10.5. The molecule has 0 radical (unpaired) electrons. The molecular weight excluding hydrogens is 184 g/mol. The summed E-state index contributed by atoms with van der Waals surface area (Å²) in [5.41, 5.74) is 8.13. The van der Waals surface area contributed by atoms with Crippen LogP contribution in [0.2, 0.25) is 0 Å². The van der Waals surface area contributed by atoms with Gasteiger partial charge in [0.25, 0.3) is 0 Å². The van der Waals surface area contributed by atoms with Crippen LogP contribution in [-0.2, 0) is 19.5 Å². The summed E-state index contributed by atoms with van der Waals surface area (Å²) in [4.78, 5) is 0. The Morgan fingerprint density at radius 2 is 1.80 bits per heavy atom. The molecule has 2 aromatic rings. The fourth-order valence-corrected chi connectivity index (χ4v) is 1.65. The molecule has 78 valence electrons. The Bertz CT molecular complexity index is 403. The molecule has 0 fully saturated rings. The third kappa shape index (κ3) is 2.70. The highest BCUT2D eigenvalue weighted by Gasteiger charge is 1.95. The van der Waals surface area contributed by atoms with E-state index < -0.39 is 0 Å². The first kappa shape index (κ1) is 9.99. The fraction of sp³-hybridized carbons (Fsp3) is 0.231. The van der Waals surface area contributed by atoms with Gasteiger partial charge in [0.2, 0.25) is 0 Å². The van der Waals surface area contributed by atoms with Crippen LogP contribution in [0.5, 0.6) is 0 Å². The molecular formula is C13H16N2. The Morgan fingerprint density at radius 1 is 1.00 bits per heavy atom. The molecule has 2 heteroatoms. The molecule has 0 saturated heterocycles. The first-order valence-electron chi connectivity index (χ1n) is 5.27. The van der Waals surface area contributed by atoms with Crippen LogP contribution in [0.15, 0.2) is 48.8 Å². The van der Waals surface area contributed by atoms with E-state index in [-0.39, 0.29) is 0 Å². The maximum absolute atomic E-state index is 5.56. The van der Waals surface area contributed by atoms with Gasteiger partial charge in [-0.2, -0.15) is 0 Å². The number of nitrogens with zero attached hydrogens (tertiary/aromatic N) is 1. The molecule has 0 saturated carbocycles. The highest BCUT2D eigenvalue weighted by molar-refractivity contribution is 5.15. The van der Waals surface area contributed by atoms with Crippen LogP contribution in [0.3, 0.4) is 0 Å². The van der Waals surface area contributed by atoms with Crippen LogP contribution < -0.4 is 5.73 Å². The van der Waals surface area contributed by atoms with Gasteiger partial charge in [0.15, 0.2) is 0 Å². The van der Waals surface area contributed by atoms with Crippen LogP contribution in [0.4, 0.5) is 0 Å². The van der Waals surface area contributed by atoms with Crippen molar-refractivity contribution in [2.24, 2.45) is 5.73 Å². The number of hydrogen-bond donors (Lipinski definition) is 1. The average molecular weight is 200 g/mol. The molecule has 2 N–H and O–H groups in total. The van der Waals surface area contributed by atoms with E-state index in [9.17, 15) is 0 Å². The summed E-state index contributed by atoms with van der Waals surface area (Å²) in [5, 5.41) is 0. The van der Waals surface area contributed by atoms with Crippen molar-refractivity contribution < 1.29 is 0 Å². The molecule has 0 aliphatic heterocycles. The van der Waals surface area contributed by atoms with Crippen LogP contribution in [-0.4, -0.2) is 4.57 Å². The van der Waals surface area contributed by atoms with Gasteiger partial charge in [-0.25, -0.2) is 0 Å². The minimum absolute atomic E-state index is 0.623. The van der Waals surface area contributed by atoms with Gasteiger partial charge in [-0.1, -0.05) is 30.3 Å². The second-order valence-corrected chi connectivity index (χ2v) is 3.70. The van der Waals surface area contributed by atoms with Crippen molar-refractivity contribution in [3.8, 4) is 0 Å². The van der Waals surface area contributed by atoms with Gasteiger partial charge in [0.1, 0.15) is 0 Å². The Morgan fingerprint density at radius 3 is 2.47 bits per heavy atom. The van der Waals surface area contributed by atoms with Crippen molar-refractivity contribution in [2.45, 2.75) is 19.5 Å². The lowest BCUT2D eigenvalue weighted by molar-refractivity contribution is 0.699.